The highest BCUT2D eigenvalue weighted by Crippen LogP contribution is 2.28. The number of para-hydroxylation sites is 1. The summed E-state index contributed by atoms with van der Waals surface area (Å²) in [6.07, 6.45) is 1.67. The maximum atomic E-state index is 11.5. The second-order valence-corrected chi connectivity index (χ2v) is 6.25. The molecule has 0 saturated carbocycles. The molecular formula is C17H11N3O3S. The minimum atomic E-state index is -0.373. The Kier molecular flexibility index (Phi) is 3.35. The van der Waals surface area contributed by atoms with E-state index < -0.39 is 0 Å². The molecule has 0 unspecified atom stereocenters. The van der Waals surface area contributed by atoms with Crippen molar-refractivity contribution in [2.24, 2.45) is 0 Å². The number of hydrogen-bond donors (Lipinski definition) is 3. The first-order valence-electron chi connectivity index (χ1n) is 7.13. The second kappa shape index (κ2) is 5.54. The summed E-state index contributed by atoms with van der Waals surface area (Å²) >= 11 is 0.889. The molecule has 1 saturated heterocycles. The van der Waals surface area contributed by atoms with Gasteiger partial charge in [0.05, 0.1) is 10.4 Å². The van der Waals surface area contributed by atoms with Gasteiger partial charge in [-0.3, -0.25) is 14.9 Å². The number of amides is 2. The van der Waals surface area contributed by atoms with E-state index in [0.29, 0.717) is 16.2 Å². The number of nitrogens with one attached hydrogen (secondary N) is 2. The van der Waals surface area contributed by atoms with Crippen LogP contribution in [0.4, 0.5) is 4.79 Å². The highest BCUT2D eigenvalue weighted by Gasteiger charge is 2.24. The Hall–Kier alpha value is -3.06. The zero-order chi connectivity index (χ0) is 16.7. The lowest BCUT2D eigenvalue weighted by Gasteiger charge is -1.99. The van der Waals surface area contributed by atoms with Crippen LogP contribution in [-0.2, 0) is 4.79 Å². The number of nitrogens with zero attached hydrogens (tertiary/aromatic N) is 1. The third kappa shape index (κ3) is 2.55. The van der Waals surface area contributed by atoms with Crippen molar-refractivity contribution < 1.29 is 14.7 Å². The lowest BCUT2D eigenvalue weighted by atomic mass is 10.1. The average Bonchev–Trinajstić information content (AvgIpc) is 3.13. The van der Waals surface area contributed by atoms with Crippen molar-refractivity contribution in [1.29, 1.82) is 0 Å². The summed E-state index contributed by atoms with van der Waals surface area (Å²) < 4.78 is 0. The number of imide groups is 1. The van der Waals surface area contributed by atoms with Crippen molar-refractivity contribution in [3.63, 3.8) is 0 Å². The zero-order valence-electron chi connectivity index (χ0n) is 12.2. The Morgan fingerprint density at radius 2 is 1.88 bits per heavy atom. The lowest BCUT2D eigenvalue weighted by molar-refractivity contribution is -0.115. The molecule has 24 heavy (non-hydrogen) atoms. The molecule has 2 amide bonds. The topological polar surface area (TPSA) is 95.1 Å². The van der Waals surface area contributed by atoms with Gasteiger partial charge in [0, 0.05) is 5.56 Å². The second-order valence-electron chi connectivity index (χ2n) is 5.23. The normalized spacial score (nSPS) is 16.1. The van der Waals surface area contributed by atoms with Gasteiger partial charge in [0.25, 0.3) is 11.1 Å². The van der Waals surface area contributed by atoms with E-state index >= 15 is 0 Å². The molecule has 0 radical (unpaired) electrons. The summed E-state index contributed by atoms with van der Waals surface area (Å²) in [7, 11) is 0. The van der Waals surface area contributed by atoms with Crippen molar-refractivity contribution >= 4 is 40.0 Å². The van der Waals surface area contributed by atoms with Gasteiger partial charge in [-0.2, -0.15) is 0 Å². The van der Waals surface area contributed by atoms with Crippen LogP contribution in [0.15, 0.2) is 47.4 Å². The van der Waals surface area contributed by atoms with Crippen molar-refractivity contribution in [3.8, 4) is 17.1 Å². The zero-order valence-corrected chi connectivity index (χ0v) is 13.1. The quantitative estimate of drug-likeness (QED) is 0.624. The van der Waals surface area contributed by atoms with Crippen LogP contribution in [0.3, 0.4) is 0 Å². The van der Waals surface area contributed by atoms with Crippen molar-refractivity contribution in [3.05, 3.63) is 52.9 Å². The number of imidazole rings is 1. The highest BCUT2D eigenvalue weighted by molar-refractivity contribution is 8.18. The summed E-state index contributed by atoms with van der Waals surface area (Å²) in [4.78, 5) is 30.7. The summed E-state index contributed by atoms with van der Waals surface area (Å²) in [6, 6.07) is 12.6. The van der Waals surface area contributed by atoms with Gasteiger partial charge in [0.2, 0.25) is 0 Å². The van der Waals surface area contributed by atoms with E-state index in [2.05, 4.69) is 15.3 Å². The lowest BCUT2D eigenvalue weighted by Crippen LogP contribution is -2.17. The minimum Gasteiger partial charge on any atom is -0.506 e. The number of fused-ring (bicyclic) bond motifs is 1. The number of benzene rings is 2. The molecule has 2 heterocycles. The maximum absolute atomic E-state index is 11.5. The van der Waals surface area contributed by atoms with Gasteiger partial charge in [0.1, 0.15) is 17.1 Å². The number of carbonyl (C=O) groups excluding carboxylic acids is 2. The Balaban J connectivity index is 1.66. The largest absolute Gasteiger partial charge is 0.506 e. The molecule has 1 aliphatic rings. The van der Waals surface area contributed by atoms with E-state index in [1.54, 1.807) is 18.2 Å². The van der Waals surface area contributed by atoms with Crippen LogP contribution in [-0.4, -0.2) is 26.2 Å². The first-order chi connectivity index (χ1) is 11.6. The first kappa shape index (κ1) is 14.5. The number of rotatable bonds is 2. The summed E-state index contributed by atoms with van der Waals surface area (Å²) in [6.45, 7) is 0. The smallest absolute Gasteiger partial charge is 0.290 e. The minimum absolute atomic E-state index is 0.130. The molecule has 3 N–H and O–H groups in total. The van der Waals surface area contributed by atoms with E-state index in [-0.39, 0.29) is 16.9 Å². The third-order valence-corrected chi connectivity index (χ3v) is 4.43. The van der Waals surface area contributed by atoms with Crippen LogP contribution in [0.2, 0.25) is 0 Å². The van der Waals surface area contributed by atoms with E-state index in [0.717, 1.165) is 28.4 Å². The van der Waals surface area contributed by atoms with Crippen LogP contribution in [0.1, 0.15) is 5.56 Å². The Morgan fingerprint density at radius 3 is 2.54 bits per heavy atom. The number of aromatic amines is 1. The van der Waals surface area contributed by atoms with Crippen molar-refractivity contribution in [2.45, 2.75) is 0 Å². The molecule has 0 spiro atoms. The van der Waals surface area contributed by atoms with Gasteiger partial charge in [-0.25, -0.2) is 4.98 Å². The average molecular weight is 337 g/mol. The molecular weight excluding hydrogens is 326 g/mol. The Bertz CT molecular complexity index is 1010. The van der Waals surface area contributed by atoms with Crippen molar-refractivity contribution in [2.75, 3.05) is 0 Å². The van der Waals surface area contributed by atoms with Gasteiger partial charge in [-0.1, -0.05) is 30.3 Å². The molecule has 2 aromatic carbocycles. The molecule has 4 rings (SSSR count). The fraction of sp³-hybridized carbons (Fsp3) is 0. The van der Waals surface area contributed by atoms with Gasteiger partial charge in [0.15, 0.2) is 0 Å². The molecule has 7 heteroatoms. The highest BCUT2D eigenvalue weighted by atomic mass is 32.2. The van der Waals surface area contributed by atoms with Gasteiger partial charge in [-0.15, -0.1) is 0 Å². The first-order valence-corrected chi connectivity index (χ1v) is 7.95. The molecule has 1 aromatic heterocycles. The molecule has 0 atom stereocenters. The fourth-order valence-electron chi connectivity index (χ4n) is 2.46. The van der Waals surface area contributed by atoms with Crippen LogP contribution < -0.4 is 5.32 Å². The maximum Gasteiger partial charge on any atom is 0.290 e. The van der Waals surface area contributed by atoms with E-state index in [4.69, 9.17) is 0 Å². The summed E-state index contributed by atoms with van der Waals surface area (Å²) in [5.74, 6) is 0.404. The Morgan fingerprint density at radius 1 is 1.08 bits per heavy atom. The number of phenols is 1. The number of aromatic nitrogens is 2. The third-order valence-electron chi connectivity index (χ3n) is 3.62. The summed E-state index contributed by atoms with van der Waals surface area (Å²) in [5.41, 5.74) is 2.95. The molecule has 0 bridgehead atoms. The van der Waals surface area contributed by atoms with Gasteiger partial charge < -0.3 is 10.1 Å². The molecule has 6 nitrogen and oxygen atoms in total. The molecule has 1 aliphatic heterocycles. The van der Waals surface area contributed by atoms with Crippen molar-refractivity contribution in [1.82, 2.24) is 15.3 Å². The number of hydrogen-bond acceptors (Lipinski definition) is 5. The van der Waals surface area contributed by atoms with Gasteiger partial charge in [-0.05, 0) is 35.5 Å². The van der Waals surface area contributed by atoms with Crippen LogP contribution in [0.5, 0.6) is 5.75 Å². The molecule has 3 aromatic rings. The predicted octanol–water partition coefficient (Wildman–Crippen LogP) is 3.26. The number of phenolic OH excluding ortho intramolecular Hbond substituents is 1. The number of carbonyl (C=O) groups is 2. The monoisotopic (exact) mass is 337 g/mol. The number of thioether (sulfide) groups is 1. The Labute approximate surface area is 140 Å². The van der Waals surface area contributed by atoms with Gasteiger partial charge >= 0.3 is 0 Å². The number of aromatic hydroxyl groups is 1. The fourth-order valence-corrected chi connectivity index (χ4v) is 3.15. The van der Waals surface area contributed by atoms with E-state index in [1.165, 1.54) is 0 Å². The molecule has 0 aliphatic carbocycles. The van der Waals surface area contributed by atoms with Crippen LogP contribution in [0.25, 0.3) is 28.5 Å². The summed E-state index contributed by atoms with van der Waals surface area (Å²) in [5, 5.41) is 11.7. The standard InChI is InChI=1S/C17H11N3O3S/c21-12-3-1-2-11-14(12)19-15(18-11)10-6-4-9(5-7-10)8-13-16(22)20-17(23)24-13/h1-8,21H,(H,18,19)(H,20,22,23). The molecule has 1 fully saturated rings. The van der Waals surface area contributed by atoms with E-state index in [1.807, 2.05) is 30.3 Å². The predicted molar refractivity (Wildman–Crippen MR) is 92.3 cm³/mol. The van der Waals surface area contributed by atoms with Crippen LogP contribution in [0, 0.1) is 0 Å². The molecule has 118 valence electrons. The SMILES string of the molecule is O=C1NC(=O)C(=Cc2ccc(-c3nc4c(O)cccc4[nH]3)cc2)S1. The number of H-pyrrole nitrogens is 1. The van der Waals surface area contributed by atoms with E-state index in [9.17, 15) is 14.7 Å². The van der Waals surface area contributed by atoms with Crippen LogP contribution >= 0.6 is 11.8 Å².